The summed E-state index contributed by atoms with van der Waals surface area (Å²) < 4.78 is 6.94. The number of benzene rings is 1. The largest absolute Gasteiger partial charge is 0.496 e. The van der Waals surface area contributed by atoms with Crippen LogP contribution in [0.4, 0.5) is 5.82 Å². The smallest absolute Gasteiger partial charge is 0.177 e. The van der Waals surface area contributed by atoms with Crippen LogP contribution in [-0.2, 0) is 6.54 Å². The Hall–Kier alpha value is -2.63. The zero-order valence-electron chi connectivity index (χ0n) is 10.4. The minimum Gasteiger partial charge on any atom is -0.496 e. The van der Waals surface area contributed by atoms with Crippen molar-refractivity contribution >= 4 is 11.5 Å². The molecular formula is C13H13N5O. The van der Waals surface area contributed by atoms with Crippen LogP contribution >= 0.6 is 0 Å². The summed E-state index contributed by atoms with van der Waals surface area (Å²) in [6.45, 7) is 0.643. The van der Waals surface area contributed by atoms with Crippen molar-refractivity contribution in [1.82, 2.24) is 19.8 Å². The molecule has 0 bridgehead atoms. The molecule has 0 aliphatic rings. The van der Waals surface area contributed by atoms with E-state index in [4.69, 9.17) is 4.74 Å². The summed E-state index contributed by atoms with van der Waals surface area (Å²) in [6, 6.07) is 11.6. The van der Waals surface area contributed by atoms with E-state index in [0.29, 0.717) is 6.54 Å². The molecule has 6 nitrogen and oxygen atoms in total. The zero-order valence-corrected chi connectivity index (χ0v) is 10.4. The van der Waals surface area contributed by atoms with Crippen molar-refractivity contribution in [3.05, 3.63) is 48.3 Å². The molecule has 0 spiro atoms. The molecule has 0 fully saturated rings. The van der Waals surface area contributed by atoms with Crippen LogP contribution in [0.25, 0.3) is 5.65 Å². The molecule has 1 N–H and O–H groups in total. The highest BCUT2D eigenvalue weighted by Crippen LogP contribution is 2.18. The van der Waals surface area contributed by atoms with Crippen molar-refractivity contribution in [2.75, 3.05) is 12.4 Å². The average Bonchev–Trinajstić information content (AvgIpc) is 2.93. The van der Waals surface area contributed by atoms with Crippen molar-refractivity contribution in [3.8, 4) is 5.75 Å². The summed E-state index contributed by atoms with van der Waals surface area (Å²) in [5.41, 5.74) is 1.80. The Labute approximate surface area is 110 Å². The first-order valence-electron chi connectivity index (χ1n) is 5.89. The molecular weight excluding hydrogens is 242 g/mol. The van der Waals surface area contributed by atoms with E-state index in [-0.39, 0.29) is 0 Å². The van der Waals surface area contributed by atoms with E-state index in [0.717, 1.165) is 22.8 Å². The van der Waals surface area contributed by atoms with Gasteiger partial charge in [0, 0.05) is 12.1 Å². The quantitative estimate of drug-likeness (QED) is 0.769. The Morgan fingerprint density at radius 1 is 1.21 bits per heavy atom. The van der Waals surface area contributed by atoms with Gasteiger partial charge in [-0.2, -0.15) is 4.52 Å². The maximum Gasteiger partial charge on any atom is 0.177 e. The second-order valence-corrected chi connectivity index (χ2v) is 4.02. The van der Waals surface area contributed by atoms with E-state index in [1.54, 1.807) is 18.0 Å². The minimum atomic E-state index is 0.643. The molecule has 96 valence electrons. The highest BCUT2D eigenvalue weighted by atomic mass is 16.5. The zero-order chi connectivity index (χ0) is 13.1. The van der Waals surface area contributed by atoms with Crippen molar-refractivity contribution in [3.63, 3.8) is 0 Å². The van der Waals surface area contributed by atoms with E-state index in [1.807, 2.05) is 36.4 Å². The van der Waals surface area contributed by atoms with E-state index < -0.39 is 0 Å². The van der Waals surface area contributed by atoms with Gasteiger partial charge in [0.25, 0.3) is 0 Å². The average molecular weight is 255 g/mol. The molecule has 1 aromatic carbocycles. The van der Waals surface area contributed by atoms with Gasteiger partial charge in [-0.25, -0.2) is 0 Å². The van der Waals surface area contributed by atoms with Crippen molar-refractivity contribution in [2.24, 2.45) is 0 Å². The summed E-state index contributed by atoms with van der Waals surface area (Å²) in [5, 5.41) is 15.3. The molecule has 0 aliphatic heterocycles. The molecule has 0 atom stereocenters. The highest BCUT2D eigenvalue weighted by molar-refractivity contribution is 5.44. The fraction of sp³-hybridized carbons (Fsp3) is 0.154. The SMILES string of the molecule is COc1ccccc1CNc1ccc2nncn2n1. The van der Waals surface area contributed by atoms with Crippen LogP contribution in [0.15, 0.2) is 42.7 Å². The lowest BCUT2D eigenvalue weighted by Crippen LogP contribution is -2.04. The van der Waals surface area contributed by atoms with Crippen LogP contribution in [0.2, 0.25) is 0 Å². The molecule has 2 heterocycles. The van der Waals surface area contributed by atoms with Gasteiger partial charge in [-0.05, 0) is 18.2 Å². The summed E-state index contributed by atoms with van der Waals surface area (Å²) in [7, 11) is 1.67. The lowest BCUT2D eigenvalue weighted by Gasteiger charge is -2.09. The topological polar surface area (TPSA) is 64.3 Å². The van der Waals surface area contributed by atoms with Gasteiger partial charge < -0.3 is 10.1 Å². The maximum absolute atomic E-state index is 5.31. The number of hydrogen-bond acceptors (Lipinski definition) is 5. The van der Waals surface area contributed by atoms with Crippen molar-refractivity contribution in [1.29, 1.82) is 0 Å². The maximum atomic E-state index is 5.31. The van der Waals surface area contributed by atoms with Gasteiger partial charge >= 0.3 is 0 Å². The summed E-state index contributed by atoms with van der Waals surface area (Å²) >= 11 is 0. The van der Waals surface area contributed by atoms with Crippen LogP contribution in [0, 0.1) is 0 Å². The number of para-hydroxylation sites is 1. The molecule has 0 saturated heterocycles. The Morgan fingerprint density at radius 3 is 3.00 bits per heavy atom. The highest BCUT2D eigenvalue weighted by Gasteiger charge is 2.03. The van der Waals surface area contributed by atoms with Crippen molar-refractivity contribution in [2.45, 2.75) is 6.54 Å². The van der Waals surface area contributed by atoms with Gasteiger partial charge in [0.05, 0.1) is 7.11 Å². The molecule has 3 rings (SSSR count). The molecule has 19 heavy (non-hydrogen) atoms. The number of nitrogens with one attached hydrogen (secondary N) is 1. The van der Waals surface area contributed by atoms with Gasteiger partial charge in [-0.1, -0.05) is 18.2 Å². The first-order valence-corrected chi connectivity index (χ1v) is 5.89. The molecule has 6 heteroatoms. The third kappa shape index (κ3) is 2.33. The Balaban J connectivity index is 1.78. The number of fused-ring (bicyclic) bond motifs is 1. The fourth-order valence-corrected chi connectivity index (χ4v) is 1.86. The molecule has 2 aromatic heterocycles. The number of aromatic nitrogens is 4. The minimum absolute atomic E-state index is 0.643. The number of hydrogen-bond donors (Lipinski definition) is 1. The molecule has 3 aromatic rings. The number of methoxy groups -OCH3 is 1. The Morgan fingerprint density at radius 2 is 2.11 bits per heavy atom. The molecule has 0 saturated carbocycles. The number of nitrogens with zero attached hydrogens (tertiary/aromatic N) is 4. The van der Waals surface area contributed by atoms with E-state index in [2.05, 4.69) is 20.6 Å². The van der Waals surface area contributed by atoms with E-state index >= 15 is 0 Å². The predicted molar refractivity (Wildman–Crippen MR) is 71.1 cm³/mol. The summed E-state index contributed by atoms with van der Waals surface area (Å²) in [4.78, 5) is 0. The Kier molecular flexibility index (Phi) is 2.97. The molecule has 0 amide bonds. The Bertz CT molecular complexity index is 694. The van der Waals surface area contributed by atoms with Crippen LogP contribution < -0.4 is 10.1 Å². The van der Waals surface area contributed by atoms with Crippen LogP contribution in [-0.4, -0.2) is 26.9 Å². The number of anilines is 1. The third-order valence-electron chi connectivity index (χ3n) is 2.81. The number of rotatable bonds is 4. The fourth-order valence-electron chi connectivity index (χ4n) is 1.86. The summed E-state index contributed by atoms with van der Waals surface area (Å²) in [5.74, 6) is 1.62. The molecule has 0 aliphatic carbocycles. The van der Waals surface area contributed by atoms with Gasteiger partial charge in [0.15, 0.2) is 5.65 Å². The van der Waals surface area contributed by atoms with Gasteiger partial charge in [-0.3, -0.25) is 0 Å². The standard InChI is InChI=1S/C13H13N5O/c1-19-11-5-3-2-4-10(11)8-14-12-6-7-13-16-15-9-18(13)17-12/h2-7,9H,8H2,1H3,(H,14,17). The lowest BCUT2D eigenvalue weighted by atomic mass is 10.2. The van der Waals surface area contributed by atoms with E-state index in [1.165, 1.54) is 0 Å². The lowest BCUT2D eigenvalue weighted by molar-refractivity contribution is 0.410. The monoisotopic (exact) mass is 255 g/mol. The van der Waals surface area contributed by atoms with Crippen LogP contribution in [0.3, 0.4) is 0 Å². The van der Waals surface area contributed by atoms with E-state index in [9.17, 15) is 0 Å². The van der Waals surface area contributed by atoms with Crippen LogP contribution in [0.1, 0.15) is 5.56 Å². The normalized spacial score (nSPS) is 10.6. The van der Waals surface area contributed by atoms with Crippen molar-refractivity contribution < 1.29 is 4.74 Å². The van der Waals surface area contributed by atoms with Gasteiger partial charge in [0.2, 0.25) is 0 Å². The third-order valence-corrected chi connectivity index (χ3v) is 2.81. The van der Waals surface area contributed by atoms with Gasteiger partial charge in [0.1, 0.15) is 17.9 Å². The van der Waals surface area contributed by atoms with Gasteiger partial charge in [-0.15, -0.1) is 15.3 Å². The molecule has 0 radical (unpaired) electrons. The first kappa shape index (κ1) is 11.5. The number of ether oxygens (including phenoxy) is 1. The first-order chi connectivity index (χ1) is 9.36. The van der Waals surface area contributed by atoms with Crippen LogP contribution in [0.5, 0.6) is 5.75 Å². The summed E-state index contributed by atoms with van der Waals surface area (Å²) in [6.07, 6.45) is 1.57. The second-order valence-electron chi connectivity index (χ2n) is 4.02. The predicted octanol–water partition coefficient (Wildman–Crippen LogP) is 1.74. The second kappa shape index (κ2) is 4.93. The molecule has 0 unspecified atom stereocenters.